The molecular formula is C14H12OS2. The molecule has 3 rings (SSSR count). The SMILES string of the molecule is Cc1ccsc1C(=O)C1CSc2ccccc21. The van der Waals surface area contributed by atoms with E-state index in [0.717, 1.165) is 16.2 Å². The second kappa shape index (κ2) is 4.31. The average molecular weight is 260 g/mol. The maximum absolute atomic E-state index is 12.5. The van der Waals surface area contributed by atoms with Gasteiger partial charge in [-0.25, -0.2) is 0 Å². The number of hydrogen-bond donors (Lipinski definition) is 0. The summed E-state index contributed by atoms with van der Waals surface area (Å²) in [5, 5.41) is 2.00. The summed E-state index contributed by atoms with van der Waals surface area (Å²) in [5.41, 5.74) is 2.31. The third kappa shape index (κ3) is 1.83. The fourth-order valence-corrected chi connectivity index (χ4v) is 4.31. The minimum Gasteiger partial charge on any atom is -0.293 e. The van der Waals surface area contributed by atoms with Gasteiger partial charge in [0.25, 0.3) is 0 Å². The standard InChI is InChI=1S/C14H12OS2/c1-9-6-7-16-14(9)13(15)11-8-17-12-5-3-2-4-10(11)12/h2-7,11H,8H2,1H3. The Bertz CT molecular complexity index is 571. The summed E-state index contributed by atoms with van der Waals surface area (Å²) >= 11 is 3.35. The van der Waals surface area contributed by atoms with Crippen LogP contribution in [0.3, 0.4) is 0 Å². The molecule has 1 atom stereocenters. The maximum Gasteiger partial charge on any atom is 0.181 e. The summed E-state index contributed by atoms with van der Waals surface area (Å²) < 4.78 is 0. The maximum atomic E-state index is 12.5. The smallest absolute Gasteiger partial charge is 0.181 e. The Balaban J connectivity index is 1.98. The Morgan fingerprint density at radius 1 is 1.29 bits per heavy atom. The number of Topliss-reactive ketones (excluding diaryl/α,β-unsaturated/α-hetero) is 1. The van der Waals surface area contributed by atoms with Crippen LogP contribution in [0.2, 0.25) is 0 Å². The third-order valence-corrected chi connectivity index (χ3v) is 5.32. The molecule has 1 aromatic heterocycles. The molecule has 1 aliphatic rings. The number of aryl methyl sites for hydroxylation is 1. The van der Waals surface area contributed by atoms with Gasteiger partial charge in [-0.3, -0.25) is 4.79 Å². The Labute approximate surface area is 109 Å². The van der Waals surface area contributed by atoms with E-state index < -0.39 is 0 Å². The van der Waals surface area contributed by atoms with Crippen LogP contribution in [-0.4, -0.2) is 11.5 Å². The monoisotopic (exact) mass is 260 g/mol. The zero-order chi connectivity index (χ0) is 11.8. The van der Waals surface area contributed by atoms with Crippen LogP contribution in [0.15, 0.2) is 40.6 Å². The Morgan fingerprint density at radius 2 is 2.12 bits per heavy atom. The molecule has 86 valence electrons. The fourth-order valence-electron chi connectivity index (χ4n) is 2.16. The molecule has 2 aromatic rings. The molecule has 0 saturated carbocycles. The summed E-state index contributed by atoms with van der Waals surface area (Å²) in [6.07, 6.45) is 0. The summed E-state index contributed by atoms with van der Waals surface area (Å²) in [6.45, 7) is 2.01. The van der Waals surface area contributed by atoms with E-state index >= 15 is 0 Å². The lowest BCUT2D eigenvalue weighted by Crippen LogP contribution is -2.11. The van der Waals surface area contributed by atoms with Gasteiger partial charge < -0.3 is 0 Å². The van der Waals surface area contributed by atoms with Gasteiger partial charge in [0.15, 0.2) is 5.78 Å². The van der Waals surface area contributed by atoms with Crippen LogP contribution in [0.4, 0.5) is 0 Å². The van der Waals surface area contributed by atoms with Crippen molar-refractivity contribution in [2.45, 2.75) is 17.7 Å². The number of fused-ring (bicyclic) bond motifs is 1. The van der Waals surface area contributed by atoms with Gasteiger partial charge in [-0.1, -0.05) is 18.2 Å². The first-order chi connectivity index (χ1) is 8.27. The second-order valence-electron chi connectivity index (χ2n) is 4.20. The number of thiophene rings is 1. The van der Waals surface area contributed by atoms with Crippen molar-refractivity contribution < 1.29 is 4.79 Å². The quantitative estimate of drug-likeness (QED) is 0.755. The van der Waals surface area contributed by atoms with E-state index in [2.05, 4.69) is 12.1 Å². The van der Waals surface area contributed by atoms with E-state index in [1.165, 1.54) is 10.5 Å². The Kier molecular flexibility index (Phi) is 2.81. The minimum absolute atomic E-state index is 0.0496. The van der Waals surface area contributed by atoms with Crippen molar-refractivity contribution in [3.8, 4) is 0 Å². The van der Waals surface area contributed by atoms with Crippen molar-refractivity contribution in [2.75, 3.05) is 5.75 Å². The van der Waals surface area contributed by atoms with Crippen LogP contribution < -0.4 is 0 Å². The summed E-state index contributed by atoms with van der Waals surface area (Å²) in [6, 6.07) is 10.3. The van der Waals surface area contributed by atoms with Gasteiger partial charge in [0, 0.05) is 10.6 Å². The fraction of sp³-hybridized carbons (Fsp3) is 0.214. The van der Waals surface area contributed by atoms with E-state index in [-0.39, 0.29) is 11.7 Å². The van der Waals surface area contributed by atoms with E-state index in [9.17, 15) is 4.79 Å². The summed E-state index contributed by atoms with van der Waals surface area (Å²) in [5.74, 6) is 1.22. The molecule has 0 N–H and O–H groups in total. The Morgan fingerprint density at radius 3 is 2.88 bits per heavy atom. The van der Waals surface area contributed by atoms with E-state index in [1.54, 1.807) is 23.1 Å². The zero-order valence-corrected chi connectivity index (χ0v) is 11.1. The van der Waals surface area contributed by atoms with Gasteiger partial charge in [0.1, 0.15) is 0 Å². The molecule has 0 amide bonds. The average Bonchev–Trinajstić information content (AvgIpc) is 2.94. The number of benzene rings is 1. The molecule has 0 saturated heterocycles. The van der Waals surface area contributed by atoms with Crippen molar-refractivity contribution in [1.82, 2.24) is 0 Å². The number of ketones is 1. The molecule has 17 heavy (non-hydrogen) atoms. The topological polar surface area (TPSA) is 17.1 Å². The molecule has 1 aliphatic heterocycles. The predicted molar refractivity (Wildman–Crippen MR) is 73.3 cm³/mol. The summed E-state index contributed by atoms with van der Waals surface area (Å²) in [7, 11) is 0. The van der Waals surface area contributed by atoms with Crippen molar-refractivity contribution in [2.24, 2.45) is 0 Å². The second-order valence-corrected chi connectivity index (χ2v) is 6.18. The van der Waals surface area contributed by atoms with Crippen molar-refractivity contribution in [3.63, 3.8) is 0 Å². The normalized spacial score (nSPS) is 18.1. The highest BCUT2D eigenvalue weighted by Crippen LogP contribution is 2.41. The number of carbonyl (C=O) groups is 1. The van der Waals surface area contributed by atoms with Gasteiger partial charge in [0.2, 0.25) is 0 Å². The number of thioether (sulfide) groups is 1. The van der Waals surface area contributed by atoms with Crippen molar-refractivity contribution in [1.29, 1.82) is 0 Å². The Hall–Kier alpha value is -1.06. The molecule has 0 spiro atoms. The lowest BCUT2D eigenvalue weighted by molar-refractivity contribution is 0.0972. The van der Waals surface area contributed by atoms with Gasteiger partial charge in [-0.15, -0.1) is 23.1 Å². The molecule has 0 bridgehead atoms. The van der Waals surface area contributed by atoms with Crippen LogP contribution >= 0.6 is 23.1 Å². The molecule has 3 heteroatoms. The molecule has 0 aliphatic carbocycles. The summed E-state index contributed by atoms with van der Waals surface area (Å²) in [4.78, 5) is 14.7. The lowest BCUT2D eigenvalue weighted by Gasteiger charge is -2.08. The molecule has 0 fully saturated rings. The highest BCUT2D eigenvalue weighted by molar-refractivity contribution is 7.99. The number of hydrogen-bond acceptors (Lipinski definition) is 3. The predicted octanol–water partition coefficient (Wildman–Crippen LogP) is 4.13. The highest BCUT2D eigenvalue weighted by Gasteiger charge is 2.30. The minimum atomic E-state index is 0.0496. The zero-order valence-electron chi connectivity index (χ0n) is 9.47. The lowest BCUT2D eigenvalue weighted by atomic mass is 9.95. The van der Waals surface area contributed by atoms with Crippen molar-refractivity contribution >= 4 is 28.9 Å². The number of rotatable bonds is 2. The van der Waals surface area contributed by atoms with Crippen LogP contribution in [0.1, 0.15) is 26.7 Å². The van der Waals surface area contributed by atoms with Gasteiger partial charge in [0.05, 0.1) is 10.8 Å². The molecule has 2 heterocycles. The van der Waals surface area contributed by atoms with Gasteiger partial charge in [-0.2, -0.15) is 0 Å². The van der Waals surface area contributed by atoms with Gasteiger partial charge >= 0.3 is 0 Å². The molecular weight excluding hydrogens is 248 g/mol. The van der Waals surface area contributed by atoms with E-state index in [0.29, 0.717) is 0 Å². The van der Waals surface area contributed by atoms with Crippen LogP contribution in [-0.2, 0) is 0 Å². The first kappa shape index (κ1) is 11.1. The molecule has 1 unspecified atom stereocenters. The van der Waals surface area contributed by atoms with Crippen LogP contribution in [0.5, 0.6) is 0 Å². The highest BCUT2D eigenvalue weighted by atomic mass is 32.2. The van der Waals surface area contributed by atoms with Crippen molar-refractivity contribution in [3.05, 3.63) is 51.7 Å². The third-order valence-electron chi connectivity index (χ3n) is 3.10. The molecule has 0 radical (unpaired) electrons. The van der Waals surface area contributed by atoms with Crippen LogP contribution in [0.25, 0.3) is 0 Å². The largest absolute Gasteiger partial charge is 0.293 e. The van der Waals surface area contributed by atoms with Crippen LogP contribution in [0, 0.1) is 6.92 Å². The number of carbonyl (C=O) groups excluding carboxylic acids is 1. The molecule has 1 nitrogen and oxygen atoms in total. The first-order valence-corrected chi connectivity index (χ1v) is 7.44. The first-order valence-electron chi connectivity index (χ1n) is 5.57. The van der Waals surface area contributed by atoms with E-state index in [1.807, 2.05) is 30.5 Å². The van der Waals surface area contributed by atoms with Gasteiger partial charge in [-0.05, 0) is 35.6 Å². The van der Waals surface area contributed by atoms with E-state index in [4.69, 9.17) is 0 Å². The molecule has 1 aromatic carbocycles.